The van der Waals surface area contributed by atoms with Crippen LogP contribution >= 0.6 is 0 Å². The number of aromatic nitrogens is 2. The largest absolute Gasteiger partial charge is 0.470 e. The number of nitro groups is 1. The Bertz CT molecular complexity index is 376. The van der Waals surface area contributed by atoms with Gasteiger partial charge in [-0.1, -0.05) is 0 Å². The van der Waals surface area contributed by atoms with Gasteiger partial charge in [0.15, 0.2) is 0 Å². The number of hydrogen-bond donors (Lipinski definition) is 0. The van der Waals surface area contributed by atoms with Crippen LogP contribution in [-0.2, 0) is 17.8 Å². The Kier molecular flexibility index (Phi) is 2.55. The molecule has 2 heterocycles. The van der Waals surface area contributed by atoms with Gasteiger partial charge in [-0.15, -0.1) is 0 Å². The van der Waals surface area contributed by atoms with E-state index in [1.807, 2.05) is 0 Å². The predicted molar refractivity (Wildman–Crippen MR) is 49.2 cm³/mol. The molecule has 0 fully saturated rings. The second-order valence-corrected chi connectivity index (χ2v) is 3.34. The molecule has 0 spiro atoms. The number of methoxy groups -OCH3 is 1. The van der Waals surface area contributed by atoms with Crippen LogP contribution in [-0.4, -0.2) is 34.5 Å². The smallest absolute Gasteiger partial charge is 0.235 e. The van der Waals surface area contributed by atoms with Crippen LogP contribution in [0, 0.1) is 10.1 Å². The van der Waals surface area contributed by atoms with E-state index in [2.05, 4.69) is 5.10 Å². The Labute approximate surface area is 85.7 Å². The standard InChI is InChI=1S/C8H11N3O4/c1-14-5-7-4-10-8(15-7)6(2-9-10)3-11(12)13/h2,7H,3-5H2,1H3/t7-/m0/s1. The molecule has 0 aromatic carbocycles. The van der Waals surface area contributed by atoms with Gasteiger partial charge in [0.25, 0.3) is 0 Å². The zero-order valence-electron chi connectivity index (χ0n) is 8.25. The Morgan fingerprint density at radius 1 is 1.87 bits per heavy atom. The van der Waals surface area contributed by atoms with Gasteiger partial charge in [-0.05, 0) is 0 Å². The third-order valence-corrected chi connectivity index (χ3v) is 2.17. The first-order valence-electron chi connectivity index (χ1n) is 4.52. The van der Waals surface area contributed by atoms with Gasteiger partial charge in [0, 0.05) is 12.0 Å². The number of hydrogen-bond acceptors (Lipinski definition) is 5. The van der Waals surface area contributed by atoms with Crippen LogP contribution in [0.25, 0.3) is 0 Å². The van der Waals surface area contributed by atoms with Gasteiger partial charge in [-0.2, -0.15) is 5.10 Å². The summed E-state index contributed by atoms with van der Waals surface area (Å²) >= 11 is 0. The number of ether oxygens (including phenoxy) is 2. The first kappa shape index (κ1) is 9.91. The first-order valence-corrected chi connectivity index (χ1v) is 4.52. The van der Waals surface area contributed by atoms with Crippen molar-refractivity contribution >= 4 is 0 Å². The Morgan fingerprint density at radius 2 is 2.67 bits per heavy atom. The maximum Gasteiger partial charge on any atom is 0.235 e. The van der Waals surface area contributed by atoms with Crippen molar-refractivity contribution in [3.8, 4) is 5.88 Å². The lowest BCUT2D eigenvalue weighted by molar-refractivity contribution is -0.496. The fourth-order valence-corrected chi connectivity index (χ4v) is 1.59. The summed E-state index contributed by atoms with van der Waals surface area (Å²) < 4.78 is 12.1. The van der Waals surface area contributed by atoms with Crippen LogP contribution in [0.1, 0.15) is 5.56 Å². The fourth-order valence-electron chi connectivity index (χ4n) is 1.59. The summed E-state index contributed by atoms with van der Waals surface area (Å²) in [5, 5.41) is 14.4. The van der Waals surface area contributed by atoms with E-state index in [4.69, 9.17) is 9.47 Å². The van der Waals surface area contributed by atoms with Gasteiger partial charge >= 0.3 is 0 Å². The minimum Gasteiger partial charge on any atom is -0.470 e. The van der Waals surface area contributed by atoms with Crippen molar-refractivity contribution in [3.05, 3.63) is 21.9 Å². The molecule has 0 bridgehead atoms. The Morgan fingerprint density at radius 3 is 3.33 bits per heavy atom. The summed E-state index contributed by atoms with van der Waals surface area (Å²) in [5.74, 6) is 0.494. The molecule has 1 aliphatic rings. The quantitative estimate of drug-likeness (QED) is 0.522. The molecule has 2 rings (SSSR count). The molecule has 1 atom stereocenters. The minimum atomic E-state index is -0.398. The van der Waals surface area contributed by atoms with Crippen LogP contribution in [0.5, 0.6) is 5.88 Å². The van der Waals surface area contributed by atoms with Crippen LogP contribution in [0.3, 0.4) is 0 Å². The highest BCUT2D eigenvalue weighted by Crippen LogP contribution is 2.26. The van der Waals surface area contributed by atoms with E-state index in [0.29, 0.717) is 24.6 Å². The van der Waals surface area contributed by atoms with Crippen LogP contribution in [0.4, 0.5) is 0 Å². The molecular weight excluding hydrogens is 202 g/mol. The molecule has 1 aliphatic heterocycles. The summed E-state index contributed by atoms with van der Waals surface area (Å²) in [5.41, 5.74) is 0.513. The summed E-state index contributed by atoms with van der Waals surface area (Å²) in [4.78, 5) is 9.96. The Balaban J connectivity index is 2.10. The summed E-state index contributed by atoms with van der Waals surface area (Å²) in [6.07, 6.45) is 1.38. The number of nitrogens with zero attached hydrogens (tertiary/aromatic N) is 3. The molecule has 0 saturated heterocycles. The second-order valence-electron chi connectivity index (χ2n) is 3.34. The zero-order chi connectivity index (χ0) is 10.8. The van der Waals surface area contributed by atoms with Gasteiger partial charge in [0.05, 0.1) is 19.3 Å². The van der Waals surface area contributed by atoms with Gasteiger partial charge in [0.1, 0.15) is 11.7 Å². The molecule has 1 aromatic heterocycles. The Hall–Kier alpha value is -1.63. The first-order chi connectivity index (χ1) is 7.20. The van der Waals surface area contributed by atoms with Gasteiger partial charge in [-0.25, -0.2) is 4.68 Å². The van der Waals surface area contributed by atoms with Crippen molar-refractivity contribution in [2.75, 3.05) is 13.7 Å². The van der Waals surface area contributed by atoms with Gasteiger partial charge < -0.3 is 9.47 Å². The van der Waals surface area contributed by atoms with E-state index in [9.17, 15) is 10.1 Å². The zero-order valence-corrected chi connectivity index (χ0v) is 8.25. The molecule has 0 radical (unpaired) electrons. The normalized spacial score (nSPS) is 18.6. The second kappa shape index (κ2) is 3.85. The molecule has 0 N–H and O–H groups in total. The van der Waals surface area contributed by atoms with Crippen LogP contribution in [0.15, 0.2) is 6.20 Å². The molecule has 0 saturated carbocycles. The highest BCUT2D eigenvalue weighted by molar-refractivity contribution is 5.25. The molecule has 7 heteroatoms. The van der Waals surface area contributed by atoms with Crippen molar-refractivity contribution in [2.45, 2.75) is 19.2 Å². The fraction of sp³-hybridized carbons (Fsp3) is 0.625. The average molecular weight is 213 g/mol. The average Bonchev–Trinajstić information content (AvgIpc) is 2.68. The SMILES string of the molecule is COC[C@@H]1Cn2ncc(C[N+](=O)[O-])c2O1. The summed E-state index contributed by atoms with van der Waals surface area (Å²) in [7, 11) is 1.59. The predicted octanol–water partition coefficient (Wildman–Crippen LogP) is 0.0672. The minimum absolute atomic E-state index is 0.0933. The van der Waals surface area contributed by atoms with E-state index in [0.717, 1.165) is 0 Å². The van der Waals surface area contributed by atoms with Crippen molar-refractivity contribution in [1.29, 1.82) is 0 Å². The number of fused-ring (bicyclic) bond motifs is 1. The molecule has 15 heavy (non-hydrogen) atoms. The van der Waals surface area contributed by atoms with Crippen molar-refractivity contribution < 1.29 is 14.4 Å². The maximum absolute atomic E-state index is 10.4. The van der Waals surface area contributed by atoms with E-state index in [1.54, 1.807) is 11.8 Å². The lowest BCUT2D eigenvalue weighted by Crippen LogP contribution is -2.21. The van der Waals surface area contributed by atoms with Crippen molar-refractivity contribution in [3.63, 3.8) is 0 Å². The summed E-state index contributed by atoms with van der Waals surface area (Å²) in [6.45, 7) is 0.789. The number of rotatable bonds is 4. The van der Waals surface area contributed by atoms with Crippen LogP contribution < -0.4 is 4.74 Å². The molecule has 1 aromatic rings. The molecule has 0 amide bonds. The molecule has 0 unspecified atom stereocenters. The lowest BCUT2D eigenvalue weighted by atomic mass is 10.3. The van der Waals surface area contributed by atoms with Crippen molar-refractivity contribution in [2.24, 2.45) is 0 Å². The van der Waals surface area contributed by atoms with E-state index < -0.39 is 4.92 Å². The molecule has 7 nitrogen and oxygen atoms in total. The summed E-state index contributed by atoms with van der Waals surface area (Å²) in [6, 6.07) is 0. The van der Waals surface area contributed by atoms with E-state index >= 15 is 0 Å². The van der Waals surface area contributed by atoms with E-state index in [1.165, 1.54) is 6.20 Å². The highest BCUT2D eigenvalue weighted by Gasteiger charge is 2.28. The van der Waals surface area contributed by atoms with Gasteiger partial charge in [-0.3, -0.25) is 10.1 Å². The monoisotopic (exact) mass is 213 g/mol. The van der Waals surface area contributed by atoms with Crippen LogP contribution in [0.2, 0.25) is 0 Å². The third-order valence-electron chi connectivity index (χ3n) is 2.17. The molecule has 0 aliphatic carbocycles. The molecule has 82 valence electrons. The molecular formula is C8H11N3O4. The van der Waals surface area contributed by atoms with Gasteiger partial charge in [0.2, 0.25) is 12.4 Å². The van der Waals surface area contributed by atoms with E-state index in [-0.39, 0.29) is 12.6 Å². The lowest BCUT2D eigenvalue weighted by Gasteiger charge is -2.07. The van der Waals surface area contributed by atoms with Crippen molar-refractivity contribution in [1.82, 2.24) is 9.78 Å². The topological polar surface area (TPSA) is 79.4 Å². The maximum atomic E-state index is 10.4. The third kappa shape index (κ3) is 1.91. The highest BCUT2D eigenvalue weighted by atomic mass is 16.6.